The third kappa shape index (κ3) is 8.01. The van der Waals surface area contributed by atoms with Gasteiger partial charge in [0.05, 0.1) is 0 Å². The summed E-state index contributed by atoms with van der Waals surface area (Å²) in [5.41, 5.74) is 5.08. The maximum absolute atomic E-state index is 11.6. The molecule has 0 unspecified atom stereocenters. The topological polar surface area (TPSA) is 174 Å². The van der Waals surface area contributed by atoms with Crippen LogP contribution in [0.3, 0.4) is 0 Å². The normalized spacial score (nSPS) is 26.1. The number of carbonyl (C=O) groups excluding carboxylic acids is 4. The van der Waals surface area contributed by atoms with E-state index in [0.29, 0.717) is 0 Å². The summed E-state index contributed by atoms with van der Waals surface area (Å²) in [6.07, 6.45) is -8.97. The van der Waals surface area contributed by atoms with Gasteiger partial charge in [-0.3, -0.25) is 19.8 Å². The van der Waals surface area contributed by atoms with E-state index in [1.165, 1.54) is 0 Å². The third-order valence-corrected chi connectivity index (χ3v) is 3.90. The molecule has 1 aliphatic rings. The molecule has 0 saturated carbocycles. The predicted molar refractivity (Wildman–Crippen MR) is 100.0 cm³/mol. The van der Waals surface area contributed by atoms with E-state index in [9.17, 15) is 19.2 Å². The molecule has 15 heteroatoms. The predicted octanol–water partition coefficient (Wildman–Crippen LogP) is 0.966. The highest BCUT2D eigenvalue weighted by Gasteiger charge is 2.54. The summed E-state index contributed by atoms with van der Waals surface area (Å²) in [5, 5.41) is 7.71. The molecule has 0 aromatic rings. The molecule has 1 heterocycles. The molecule has 1 rings (SSSR count). The highest BCUT2D eigenvalue weighted by atomic mass is 35.6. The Kier molecular flexibility index (Phi) is 9.40. The number of nitrogens with one attached hydrogen (secondary N) is 1. The molecule has 0 spiro atoms. The molecule has 0 aromatic heterocycles. The zero-order valence-corrected chi connectivity index (χ0v) is 18.2. The Morgan fingerprint density at radius 2 is 1.43 bits per heavy atom. The van der Waals surface area contributed by atoms with Gasteiger partial charge in [0.25, 0.3) is 3.79 Å². The number of carbonyl (C=O) groups is 4. The summed E-state index contributed by atoms with van der Waals surface area (Å²) < 4.78 is 28.4. The summed E-state index contributed by atoms with van der Waals surface area (Å²) in [6.45, 7) is 2.67. The van der Waals surface area contributed by atoms with Crippen molar-refractivity contribution in [1.82, 2.24) is 0 Å². The van der Waals surface area contributed by atoms with Gasteiger partial charge in [0.1, 0.15) is 12.7 Å². The lowest BCUT2D eigenvalue weighted by atomic mass is 9.98. The summed E-state index contributed by atoms with van der Waals surface area (Å²) in [6, 6.07) is 0. The first-order chi connectivity index (χ1) is 13.7. The van der Waals surface area contributed by atoms with Crippen LogP contribution in [0, 0.1) is 5.41 Å². The van der Waals surface area contributed by atoms with Crippen LogP contribution >= 0.6 is 34.8 Å². The van der Waals surface area contributed by atoms with Crippen LogP contribution in [-0.2, 0) is 42.8 Å². The van der Waals surface area contributed by atoms with Crippen LogP contribution in [0.25, 0.3) is 0 Å². The Morgan fingerprint density at radius 1 is 0.900 bits per heavy atom. The summed E-state index contributed by atoms with van der Waals surface area (Å²) in [7, 11) is 0. The van der Waals surface area contributed by atoms with E-state index < -0.39 is 71.0 Å². The van der Waals surface area contributed by atoms with Crippen LogP contribution in [0.5, 0.6) is 0 Å². The van der Waals surface area contributed by atoms with Gasteiger partial charge >= 0.3 is 24.0 Å². The Morgan fingerprint density at radius 3 is 1.87 bits per heavy atom. The van der Waals surface area contributed by atoms with Crippen LogP contribution < -0.4 is 5.73 Å². The van der Waals surface area contributed by atoms with Gasteiger partial charge in [0.2, 0.25) is 18.3 Å². The van der Waals surface area contributed by atoms with Crippen LogP contribution in [0.4, 0.5) is 4.79 Å². The molecule has 12 nitrogen and oxygen atoms in total. The molecule has 0 radical (unpaired) electrons. The van der Waals surface area contributed by atoms with Crippen molar-refractivity contribution in [2.75, 3.05) is 6.61 Å². The average molecular weight is 494 g/mol. The molecule has 0 bridgehead atoms. The van der Waals surface area contributed by atoms with E-state index in [1.807, 2.05) is 0 Å². The van der Waals surface area contributed by atoms with Gasteiger partial charge in [-0.25, -0.2) is 4.79 Å². The van der Waals surface area contributed by atoms with E-state index in [0.717, 1.165) is 20.8 Å². The molecule has 170 valence electrons. The van der Waals surface area contributed by atoms with Crippen molar-refractivity contribution in [3.63, 3.8) is 0 Å². The van der Waals surface area contributed by atoms with Gasteiger partial charge in [-0.1, -0.05) is 34.8 Å². The number of nitrogens with two attached hydrogens (primary N) is 1. The molecule has 3 N–H and O–H groups in total. The van der Waals surface area contributed by atoms with Crippen molar-refractivity contribution in [2.45, 2.75) is 55.3 Å². The zero-order valence-electron chi connectivity index (χ0n) is 15.9. The van der Waals surface area contributed by atoms with Crippen molar-refractivity contribution in [3.8, 4) is 0 Å². The molecular weight excluding hydrogens is 475 g/mol. The van der Waals surface area contributed by atoms with Gasteiger partial charge in [0, 0.05) is 20.8 Å². The average Bonchev–Trinajstić information content (AvgIpc) is 2.56. The standard InChI is InChI=1S/C15H19Cl3N2O10/c1-5(21)25-4-8-9(26-6(2)22)10(29-14(20)24)11(27-7(3)23)12(28-8)30-13(19)15(16,17)18/h8-12,19H,4H2,1-3H3,(H2,20,24)/t8-,9-,10+,11+,12+/m1/s1. The number of esters is 3. The van der Waals surface area contributed by atoms with Crippen molar-refractivity contribution in [2.24, 2.45) is 5.73 Å². The van der Waals surface area contributed by atoms with Crippen molar-refractivity contribution < 1.29 is 47.6 Å². The van der Waals surface area contributed by atoms with Gasteiger partial charge < -0.3 is 34.2 Å². The molecule has 30 heavy (non-hydrogen) atoms. The molecule has 0 aromatic carbocycles. The number of ether oxygens (including phenoxy) is 6. The molecule has 5 atom stereocenters. The molecule has 1 amide bonds. The van der Waals surface area contributed by atoms with E-state index >= 15 is 0 Å². The first-order valence-electron chi connectivity index (χ1n) is 8.14. The first-order valence-corrected chi connectivity index (χ1v) is 9.27. The maximum atomic E-state index is 11.6. The summed E-state index contributed by atoms with van der Waals surface area (Å²) in [5.74, 6) is -3.34. The van der Waals surface area contributed by atoms with Gasteiger partial charge in [-0.05, 0) is 0 Å². The fourth-order valence-electron chi connectivity index (χ4n) is 2.41. The SMILES string of the molecule is CC(=O)OC[C@H]1O[C@@H](OC(=N)C(Cl)(Cl)Cl)[C@@H](OC(C)=O)[C@@H](OC(N)=O)[C@@H]1OC(C)=O. The lowest BCUT2D eigenvalue weighted by Crippen LogP contribution is -2.63. The number of primary amides is 1. The minimum atomic E-state index is -2.32. The summed E-state index contributed by atoms with van der Waals surface area (Å²) in [4.78, 5) is 45.8. The number of alkyl halides is 3. The molecule has 0 aliphatic carbocycles. The lowest BCUT2D eigenvalue weighted by Gasteiger charge is -2.43. The van der Waals surface area contributed by atoms with E-state index in [4.69, 9.17) is 74.4 Å². The Hall–Kier alpha value is -2.02. The first kappa shape index (κ1) is 26.0. The Labute approximate surface area is 185 Å². The molecular formula is C15H19Cl3N2O10. The largest absolute Gasteiger partial charge is 0.463 e. The zero-order chi connectivity index (χ0) is 23.2. The smallest absolute Gasteiger partial charge is 0.405 e. The third-order valence-electron chi connectivity index (χ3n) is 3.39. The molecule has 1 fully saturated rings. The number of hydrogen-bond acceptors (Lipinski definition) is 11. The second-order valence-corrected chi connectivity index (χ2v) is 8.12. The second kappa shape index (κ2) is 10.8. The number of hydrogen-bond donors (Lipinski definition) is 2. The highest BCUT2D eigenvalue weighted by molar-refractivity contribution is 6.76. The van der Waals surface area contributed by atoms with Crippen LogP contribution in [-0.4, -0.2) is 71.0 Å². The molecule has 1 aliphatic heterocycles. The van der Waals surface area contributed by atoms with Crippen molar-refractivity contribution in [1.29, 1.82) is 5.41 Å². The second-order valence-electron chi connectivity index (χ2n) is 5.84. The highest BCUT2D eigenvalue weighted by Crippen LogP contribution is 2.33. The van der Waals surface area contributed by atoms with Crippen molar-refractivity contribution in [3.05, 3.63) is 0 Å². The van der Waals surface area contributed by atoms with E-state index in [1.54, 1.807) is 0 Å². The van der Waals surface area contributed by atoms with E-state index in [-0.39, 0.29) is 0 Å². The van der Waals surface area contributed by atoms with E-state index in [2.05, 4.69) is 0 Å². The fourth-order valence-corrected chi connectivity index (χ4v) is 2.54. The fraction of sp³-hybridized carbons (Fsp3) is 0.667. The number of halogens is 3. The lowest BCUT2D eigenvalue weighted by molar-refractivity contribution is -0.288. The monoisotopic (exact) mass is 492 g/mol. The van der Waals surface area contributed by atoms with Gasteiger partial charge in [0.15, 0.2) is 12.2 Å². The van der Waals surface area contributed by atoms with Crippen LogP contribution in [0.15, 0.2) is 0 Å². The Bertz CT molecular complexity index is 699. The van der Waals surface area contributed by atoms with Crippen LogP contribution in [0.1, 0.15) is 20.8 Å². The van der Waals surface area contributed by atoms with Gasteiger partial charge in [-0.2, -0.15) is 0 Å². The van der Waals surface area contributed by atoms with Crippen LogP contribution in [0.2, 0.25) is 0 Å². The maximum Gasteiger partial charge on any atom is 0.405 e. The number of amides is 1. The van der Waals surface area contributed by atoms with Crippen molar-refractivity contribution >= 4 is 64.7 Å². The quantitative estimate of drug-likeness (QED) is 0.178. The minimum absolute atomic E-state index is 0.500. The number of rotatable bonds is 6. The van der Waals surface area contributed by atoms with Gasteiger partial charge in [-0.15, -0.1) is 0 Å². The molecule has 1 saturated heterocycles. The Balaban J connectivity index is 3.37. The minimum Gasteiger partial charge on any atom is -0.463 e. The summed E-state index contributed by atoms with van der Waals surface area (Å²) >= 11 is 16.8.